The lowest BCUT2D eigenvalue weighted by atomic mass is 10.1. The van der Waals surface area contributed by atoms with Crippen LogP contribution >= 0.6 is 0 Å². The monoisotopic (exact) mass is 273 g/mol. The second-order valence-electron chi connectivity index (χ2n) is 4.50. The topological polar surface area (TPSA) is 90.4 Å². The van der Waals surface area contributed by atoms with Gasteiger partial charge in [0.25, 0.3) is 0 Å². The van der Waals surface area contributed by atoms with Crippen LogP contribution in [0.1, 0.15) is 18.9 Å². The minimum atomic E-state index is -1.27. The predicted molar refractivity (Wildman–Crippen MR) is 78.2 cm³/mol. The highest BCUT2D eigenvalue weighted by Gasteiger charge is 2.11. The molecule has 1 rings (SSSR count). The molecule has 0 saturated heterocycles. The molecule has 5 nitrogen and oxygen atoms in total. The summed E-state index contributed by atoms with van der Waals surface area (Å²) in [5, 5.41) is 17.5. The van der Waals surface area contributed by atoms with Gasteiger partial charge in [0.1, 0.15) is 6.07 Å². The molecule has 20 heavy (non-hydrogen) atoms. The molecule has 0 radical (unpaired) electrons. The standard InChI is InChI=1S/C15H19N3O2/c1-3-18(2)12-7-4-11(5-8-12)6-9-14(17)13(10-16)15(19)20/h4-5,7-8H,3,6,9,17H2,1-2H3,(H,19,20). The Bertz CT molecular complexity index is 541. The normalized spacial score (nSPS) is 11.4. The van der Waals surface area contributed by atoms with Gasteiger partial charge in [-0.15, -0.1) is 0 Å². The Kier molecular flexibility index (Phi) is 5.60. The number of benzene rings is 1. The summed E-state index contributed by atoms with van der Waals surface area (Å²) in [6, 6.07) is 9.62. The van der Waals surface area contributed by atoms with Gasteiger partial charge in [0, 0.05) is 25.0 Å². The number of carboxylic acids is 1. The minimum Gasteiger partial charge on any atom is -0.477 e. The molecule has 0 aromatic heterocycles. The third-order valence-electron chi connectivity index (χ3n) is 3.18. The Labute approximate surface area is 118 Å². The van der Waals surface area contributed by atoms with E-state index in [1.165, 1.54) is 0 Å². The van der Waals surface area contributed by atoms with Crippen LogP contribution in [0.5, 0.6) is 0 Å². The number of rotatable bonds is 6. The van der Waals surface area contributed by atoms with Crippen molar-refractivity contribution in [3.8, 4) is 6.07 Å². The fraction of sp³-hybridized carbons (Fsp3) is 0.333. The van der Waals surface area contributed by atoms with Crippen LogP contribution < -0.4 is 10.6 Å². The van der Waals surface area contributed by atoms with Gasteiger partial charge >= 0.3 is 5.97 Å². The van der Waals surface area contributed by atoms with Gasteiger partial charge < -0.3 is 15.7 Å². The van der Waals surface area contributed by atoms with Gasteiger partial charge in [-0.3, -0.25) is 0 Å². The molecule has 0 heterocycles. The lowest BCUT2D eigenvalue weighted by Gasteiger charge is -2.16. The van der Waals surface area contributed by atoms with E-state index in [0.717, 1.165) is 17.8 Å². The zero-order chi connectivity index (χ0) is 15.1. The highest BCUT2D eigenvalue weighted by atomic mass is 16.4. The van der Waals surface area contributed by atoms with Gasteiger partial charge in [-0.1, -0.05) is 12.1 Å². The molecule has 3 N–H and O–H groups in total. The summed E-state index contributed by atoms with van der Waals surface area (Å²) < 4.78 is 0. The Morgan fingerprint density at radius 2 is 2.00 bits per heavy atom. The number of aryl methyl sites for hydroxylation is 1. The van der Waals surface area contributed by atoms with Gasteiger partial charge in [0.05, 0.1) is 0 Å². The van der Waals surface area contributed by atoms with E-state index in [-0.39, 0.29) is 11.3 Å². The van der Waals surface area contributed by atoms with Gasteiger partial charge in [-0.2, -0.15) is 5.26 Å². The maximum atomic E-state index is 10.8. The number of carboxylic acid groups (broad SMARTS) is 1. The van der Waals surface area contributed by atoms with E-state index >= 15 is 0 Å². The molecular formula is C15H19N3O2. The van der Waals surface area contributed by atoms with Crippen molar-refractivity contribution < 1.29 is 9.90 Å². The van der Waals surface area contributed by atoms with Gasteiger partial charge in [0.15, 0.2) is 5.57 Å². The smallest absolute Gasteiger partial charge is 0.348 e. The van der Waals surface area contributed by atoms with Crippen LogP contribution in [0.15, 0.2) is 35.5 Å². The third-order valence-corrected chi connectivity index (χ3v) is 3.18. The van der Waals surface area contributed by atoms with E-state index < -0.39 is 5.97 Å². The van der Waals surface area contributed by atoms with Crippen LogP contribution in [-0.4, -0.2) is 24.7 Å². The van der Waals surface area contributed by atoms with Crippen molar-refractivity contribution in [2.75, 3.05) is 18.5 Å². The maximum absolute atomic E-state index is 10.8. The van der Waals surface area contributed by atoms with Crippen LogP contribution in [0.25, 0.3) is 0 Å². The Balaban J connectivity index is 2.72. The van der Waals surface area contributed by atoms with E-state index in [2.05, 4.69) is 11.8 Å². The largest absolute Gasteiger partial charge is 0.477 e. The van der Waals surface area contributed by atoms with Crippen molar-refractivity contribution in [1.29, 1.82) is 5.26 Å². The molecule has 0 aliphatic heterocycles. The molecule has 0 fully saturated rings. The minimum absolute atomic E-state index is 0.120. The molecular weight excluding hydrogens is 254 g/mol. The lowest BCUT2D eigenvalue weighted by Crippen LogP contribution is -2.15. The molecule has 0 unspecified atom stereocenters. The van der Waals surface area contributed by atoms with E-state index in [9.17, 15) is 4.79 Å². The molecule has 0 aliphatic rings. The van der Waals surface area contributed by atoms with Gasteiger partial charge in [0.2, 0.25) is 0 Å². The maximum Gasteiger partial charge on any atom is 0.348 e. The number of carbonyl (C=O) groups is 1. The van der Waals surface area contributed by atoms with E-state index in [1.54, 1.807) is 6.07 Å². The molecule has 1 aromatic carbocycles. The first-order valence-corrected chi connectivity index (χ1v) is 6.41. The van der Waals surface area contributed by atoms with Crippen molar-refractivity contribution in [3.63, 3.8) is 0 Å². The predicted octanol–water partition coefficient (Wildman–Crippen LogP) is 1.90. The SMILES string of the molecule is CCN(C)c1ccc(CCC(N)=C(C#N)C(=O)O)cc1. The summed E-state index contributed by atoms with van der Waals surface area (Å²) in [6.07, 6.45) is 0.971. The molecule has 0 amide bonds. The molecule has 106 valence electrons. The van der Waals surface area contributed by atoms with Crippen molar-refractivity contribution >= 4 is 11.7 Å². The number of aliphatic carboxylic acids is 1. The molecule has 5 heteroatoms. The molecule has 1 aromatic rings. The van der Waals surface area contributed by atoms with Crippen LogP contribution in [0.3, 0.4) is 0 Å². The van der Waals surface area contributed by atoms with Crippen molar-refractivity contribution in [2.45, 2.75) is 19.8 Å². The van der Waals surface area contributed by atoms with E-state index in [4.69, 9.17) is 16.1 Å². The zero-order valence-corrected chi connectivity index (χ0v) is 11.8. The lowest BCUT2D eigenvalue weighted by molar-refractivity contribution is -0.132. The number of nitrogens with zero attached hydrogens (tertiary/aromatic N) is 2. The molecule has 0 aliphatic carbocycles. The van der Waals surface area contributed by atoms with Gasteiger partial charge in [-0.25, -0.2) is 4.79 Å². The molecule has 0 atom stereocenters. The zero-order valence-electron chi connectivity index (χ0n) is 11.8. The number of allylic oxidation sites excluding steroid dienone is 1. The Morgan fingerprint density at radius 3 is 2.45 bits per heavy atom. The van der Waals surface area contributed by atoms with E-state index in [0.29, 0.717) is 12.8 Å². The highest BCUT2D eigenvalue weighted by Crippen LogP contribution is 2.15. The average molecular weight is 273 g/mol. The number of hydrogen-bond donors (Lipinski definition) is 2. The van der Waals surface area contributed by atoms with Crippen molar-refractivity contribution in [3.05, 3.63) is 41.1 Å². The van der Waals surface area contributed by atoms with E-state index in [1.807, 2.05) is 31.3 Å². The number of hydrogen-bond acceptors (Lipinski definition) is 4. The Morgan fingerprint density at radius 1 is 1.40 bits per heavy atom. The van der Waals surface area contributed by atoms with Crippen LogP contribution in [0.2, 0.25) is 0 Å². The molecule has 0 bridgehead atoms. The summed E-state index contributed by atoms with van der Waals surface area (Å²) in [5.74, 6) is -1.27. The number of anilines is 1. The number of nitrogens with two attached hydrogens (primary N) is 1. The van der Waals surface area contributed by atoms with Crippen LogP contribution in [-0.2, 0) is 11.2 Å². The molecule has 0 saturated carbocycles. The second-order valence-corrected chi connectivity index (χ2v) is 4.50. The van der Waals surface area contributed by atoms with Gasteiger partial charge in [-0.05, 0) is 37.5 Å². The summed E-state index contributed by atoms with van der Waals surface area (Å²) >= 11 is 0. The summed E-state index contributed by atoms with van der Waals surface area (Å²) in [5.41, 5.74) is 7.58. The number of nitriles is 1. The molecule has 0 spiro atoms. The highest BCUT2D eigenvalue weighted by molar-refractivity contribution is 5.91. The third kappa shape index (κ3) is 4.02. The second kappa shape index (κ2) is 7.19. The van der Waals surface area contributed by atoms with Crippen LogP contribution in [0, 0.1) is 11.3 Å². The Hall–Kier alpha value is -2.48. The first kappa shape index (κ1) is 15.6. The first-order chi connectivity index (χ1) is 9.49. The fourth-order valence-electron chi connectivity index (χ4n) is 1.76. The van der Waals surface area contributed by atoms with Crippen molar-refractivity contribution in [2.24, 2.45) is 5.73 Å². The quantitative estimate of drug-likeness (QED) is 0.610. The average Bonchev–Trinajstić information content (AvgIpc) is 2.45. The van der Waals surface area contributed by atoms with Crippen molar-refractivity contribution in [1.82, 2.24) is 0 Å². The first-order valence-electron chi connectivity index (χ1n) is 6.41. The van der Waals surface area contributed by atoms with Crippen LogP contribution in [0.4, 0.5) is 5.69 Å². The summed E-state index contributed by atoms with van der Waals surface area (Å²) in [6.45, 7) is 3.01. The summed E-state index contributed by atoms with van der Waals surface area (Å²) in [4.78, 5) is 12.9. The summed E-state index contributed by atoms with van der Waals surface area (Å²) in [7, 11) is 2.02. The fourth-order valence-corrected chi connectivity index (χ4v) is 1.76.